The maximum atomic E-state index is 13.8. The zero-order valence-corrected chi connectivity index (χ0v) is 11.5. The zero-order chi connectivity index (χ0) is 14.3. The normalized spacial score (nSPS) is 50.6. The Hall–Kier alpha value is -0.110. The van der Waals surface area contributed by atoms with Crippen molar-refractivity contribution in [3.05, 3.63) is 0 Å². The maximum absolute atomic E-state index is 13.8. The minimum atomic E-state index is -1.27. The predicted octanol–water partition coefficient (Wildman–Crippen LogP) is 3.64. The fourth-order valence-corrected chi connectivity index (χ4v) is 4.21. The van der Waals surface area contributed by atoms with Crippen LogP contribution in [-0.2, 0) is 0 Å². The molecule has 3 aliphatic rings. The van der Waals surface area contributed by atoms with Gasteiger partial charge in [0.15, 0.2) is 0 Å². The molecule has 0 amide bonds. The van der Waals surface area contributed by atoms with E-state index in [-0.39, 0.29) is 16.7 Å². The number of hydrogen-bond donors (Lipinski definition) is 0. The van der Waals surface area contributed by atoms with Crippen LogP contribution in [0.1, 0.15) is 56.1 Å². The second-order valence-corrected chi connectivity index (χ2v) is 7.43. The summed E-state index contributed by atoms with van der Waals surface area (Å²) in [6.07, 6.45) is 0.411. The second kappa shape index (κ2) is 3.26. The molecular weight excluding hydrogens is 213 g/mol. The van der Waals surface area contributed by atoms with Gasteiger partial charge in [-0.2, -0.15) is 0 Å². The first-order valence-corrected chi connectivity index (χ1v) is 6.98. The standard InChI is InChI=1S/C15H26FN/c1-11(2)7-15-9-14(8-12(14)16)10-17(15)6-5-13(15,3)4/h11-12H,5-10H2,1-4H3/t12-,14-,15-/m1/s1/i7D2. The molecule has 2 saturated heterocycles. The minimum absolute atomic E-state index is 0.0423. The van der Waals surface area contributed by atoms with Gasteiger partial charge in [-0.15, -0.1) is 0 Å². The number of rotatable bonds is 2. The van der Waals surface area contributed by atoms with Crippen molar-refractivity contribution in [3.63, 3.8) is 0 Å². The fourth-order valence-electron chi connectivity index (χ4n) is 4.21. The molecule has 0 radical (unpaired) electrons. The first-order chi connectivity index (χ1) is 8.59. The van der Waals surface area contributed by atoms with Gasteiger partial charge in [0.1, 0.15) is 6.17 Å². The van der Waals surface area contributed by atoms with Crippen LogP contribution in [-0.4, -0.2) is 29.7 Å². The largest absolute Gasteiger partial charge is 0.296 e. The third-order valence-corrected chi connectivity index (χ3v) is 5.40. The number of hydrogen-bond acceptors (Lipinski definition) is 1. The Kier molecular flexibility index (Phi) is 1.87. The first-order valence-electron chi connectivity index (χ1n) is 7.98. The van der Waals surface area contributed by atoms with Crippen molar-refractivity contribution in [2.45, 2.75) is 65.0 Å². The van der Waals surface area contributed by atoms with E-state index in [0.717, 1.165) is 19.5 Å². The average molecular weight is 241 g/mol. The molecule has 0 bridgehead atoms. The molecule has 3 fully saturated rings. The Labute approximate surface area is 108 Å². The molecule has 2 aliphatic heterocycles. The molecule has 0 aromatic carbocycles. The van der Waals surface area contributed by atoms with Crippen molar-refractivity contribution in [2.24, 2.45) is 16.7 Å². The van der Waals surface area contributed by atoms with Crippen molar-refractivity contribution in [1.82, 2.24) is 4.90 Å². The van der Waals surface area contributed by atoms with Crippen LogP contribution >= 0.6 is 0 Å². The smallest absolute Gasteiger partial charge is 0.108 e. The van der Waals surface area contributed by atoms with E-state index >= 15 is 0 Å². The van der Waals surface area contributed by atoms with Gasteiger partial charge in [0.2, 0.25) is 0 Å². The summed E-state index contributed by atoms with van der Waals surface area (Å²) in [5.41, 5.74) is -0.776. The lowest BCUT2D eigenvalue weighted by molar-refractivity contribution is 0.0691. The van der Waals surface area contributed by atoms with Gasteiger partial charge in [-0.1, -0.05) is 27.7 Å². The topological polar surface area (TPSA) is 3.24 Å². The van der Waals surface area contributed by atoms with Crippen LogP contribution in [0.25, 0.3) is 0 Å². The molecule has 0 unspecified atom stereocenters. The van der Waals surface area contributed by atoms with E-state index in [0.29, 0.717) is 12.8 Å². The maximum Gasteiger partial charge on any atom is 0.108 e. The van der Waals surface area contributed by atoms with Gasteiger partial charge in [-0.3, -0.25) is 4.90 Å². The molecule has 98 valence electrons. The molecule has 1 saturated carbocycles. The molecule has 0 N–H and O–H groups in total. The summed E-state index contributed by atoms with van der Waals surface area (Å²) < 4.78 is 31.3. The van der Waals surface area contributed by atoms with Gasteiger partial charge < -0.3 is 0 Å². The predicted molar refractivity (Wildman–Crippen MR) is 68.7 cm³/mol. The molecule has 3 rings (SSSR count). The minimum Gasteiger partial charge on any atom is -0.296 e. The van der Waals surface area contributed by atoms with E-state index in [4.69, 9.17) is 2.74 Å². The summed E-state index contributed by atoms with van der Waals surface area (Å²) in [5, 5.41) is 0. The van der Waals surface area contributed by atoms with E-state index in [1.165, 1.54) is 0 Å². The van der Waals surface area contributed by atoms with Crippen molar-refractivity contribution in [1.29, 1.82) is 0 Å². The van der Waals surface area contributed by atoms with Crippen molar-refractivity contribution in [3.8, 4) is 0 Å². The Bertz CT molecular complexity index is 409. The highest BCUT2D eigenvalue weighted by atomic mass is 19.1. The first kappa shape index (κ1) is 9.77. The SMILES string of the molecule is [2H]C([2H])(C(C)C)[C@]12C[C@]3(C[C@H]3F)CN1CCC2(C)C. The highest BCUT2D eigenvalue weighted by Crippen LogP contribution is 2.67. The highest BCUT2D eigenvalue weighted by molar-refractivity contribution is 5.22. The van der Waals surface area contributed by atoms with E-state index in [1.54, 1.807) is 0 Å². The number of alkyl halides is 1. The molecule has 2 heteroatoms. The Balaban J connectivity index is 2.07. The lowest BCUT2D eigenvalue weighted by Gasteiger charge is -2.44. The molecule has 3 atom stereocenters. The van der Waals surface area contributed by atoms with Crippen LogP contribution < -0.4 is 0 Å². The van der Waals surface area contributed by atoms with E-state index < -0.39 is 18.1 Å². The van der Waals surface area contributed by atoms with E-state index in [9.17, 15) is 4.39 Å². The number of halogens is 1. The van der Waals surface area contributed by atoms with Crippen LogP contribution in [0.2, 0.25) is 0 Å². The summed E-state index contributed by atoms with van der Waals surface area (Å²) in [6.45, 7) is 9.99. The van der Waals surface area contributed by atoms with Gasteiger partial charge in [-0.05, 0) is 43.5 Å². The molecular formula is C15H26FN. The molecule has 0 aromatic heterocycles. The van der Waals surface area contributed by atoms with Gasteiger partial charge in [-0.25, -0.2) is 4.39 Å². The third kappa shape index (κ3) is 1.46. The Morgan fingerprint density at radius 1 is 1.47 bits per heavy atom. The third-order valence-electron chi connectivity index (χ3n) is 5.40. The second-order valence-electron chi connectivity index (χ2n) is 7.43. The fraction of sp³-hybridized carbons (Fsp3) is 1.00. The van der Waals surface area contributed by atoms with Crippen LogP contribution in [0.15, 0.2) is 0 Å². The molecule has 0 aromatic rings. The lowest BCUT2D eigenvalue weighted by Crippen LogP contribution is -2.48. The van der Waals surface area contributed by atoms with Crippen LogP contribution in [0.3, 0.4) is 0 Å². The van der Waals surface area contributed by atoms with Crippen molar-refractivity contribution >= 4 is 0 Å². The number of nitrogens with zero attached hydrogens (tertiary/aromatic N) is 1. The van der Waals surface area contributed by atoms with Crippen LogP contribution in [0.5, 0.6) is 0 Å². The monoisotopic (exact) mass is 241 g/mol. The van der Waals surface area contributed by atoms with E-state index in [2.05, 4.69) is 18.7 Å². The van der Waals surface area contributed by atoms with Gasteiger partial charge >= 0.3 is 0 Å². The molecule has 1 aliphatic carbocycles. The zero-order valence-electron chi connectivity index (χ0n) is 13.5. The summed E-state index contributed by atoms with van der Waals surface area (Å²) in [6, 6.07) is 0. The van der Waals surface area contributed by atoms with Gasteiger partial charge in [0.05, 0.1) is 0 Å². The van der Waals surface area contributed by atoms with Crippen molar-refractivity contribution in [2.75, 3.05) is 13.1 Å². The molecule has 1 spiro atoms. The summed E-state index contributed by atoms with van der Waals surface area (Å²) >= 11 is 0. The summed E-state index contributed by atoms with van der Waals surface area (Å²) in [7, 11) is 0. The van der Waals surface area contributed by atoms with E-state index in [1.807, 2.05) is 13.8 Å². The quantitative estimate of drug-likeness (QED) is 0.713. The lowest BCUT2D eigenvalue weighted by atomic mass is 9.66. The van der Waals surface area contributed by atoms with Gasteiger partial charge in [0.25, 0.3) is 0 Å². The summed E-state index contributed by atoms with van der Waals surface area (Å²) in [4.78, 5) is 2.30. The molecule has 1 nitrogen and oxygen atoms in total. The van der Waals surface area contributed by atoms with Crippen LogP contribution in [0, 0.1) is 16.7 Å². The van der Waals surface area contributed by atoms with Crippen molar-refractivity contribution < 1.29 is 7.13 Å². The molecule has 17 heavy (non-hydrogen) atoms. The Morgan fingerprint density at radius 3 is 2.65 bits per heavy atom. The average Bonchev–Trinajstić information content (AvgIpc) is 2.66. The summed E-state index contributed by atoms with van der Waals surface area (Å²) in [5.74, 6) is -0.0423. The Morgan fingerprint density at radius 2 is 2.12 bits per heavy atom. The highest BCUT2D eigenvalue weighted by Gasteiger charge is 2.70. The van der Waals surface area contributed by atoms with Crippen LogP contribution in [0.4, 0.5) is 4.39 Å². The molecule has 2 heterocycles. The van der Waals surface area contributed by atoms with Gasteiger partial charge in [0, 0.05) is 20.2 Å². The number of fused-ring (bicyclic) bond motifs is 1.